The van der Waals surface area contributed by atoms with Gasteiger partial charge in [0.25, 0.3) is 5.91 Å². The van der Waals surface area contributed by atoms with Crippen molar-refractivity contribution in [3.05, 3.63) is 66.1 Å². The molecule has 1 saturated heterocycles. The Balaban J connectivity index is 1.64. The highest BCUT2D eigenvalue weighted by Gasteiger charge is 2.27. The topological polar surface area (TPSA) is 130 Å². The van der Waals surface area contributed by atoms with Crippen LogP contribution in [0.3, 0.4) is 0 Å². The molecule has 1 aromatic carbocycles. The highest BCUT2D eigenvalue weighted by molar-refractivity contribution is 6.07. The Morgan fingerprint density at radius 3 is 2.67 bits per heavy atom. The number of carbonyl (C=O) groups excluding carboxylic acids is 1. The summed E-state index contributed by atoms with van der Waals surface area (Å²) in [7, 11) is 0. The van der Waals surface area contributed by atoms with Crippen LogP contribution in [0.1, 0.15) is 16.9 Å². The van der Waals surface area contributed by atoms with E-state index in [0.29, 0.717) is 30.9 Å². The molecule has 3 heterocycles. The lowest BCUT2D eigenvalue weighted by Gasteiger charge is -2.37. The fourth-order valence-electron chi connectivity index (χ4n) is 4.05. The van der Waals surface area contributed by atoms with E-state index in [1.807, 2.05) is 4.90 Å². The van der Waals surface area contributed by atoms with Crippen LogP contribution >= 0.6 is 0 Å². The maximum Gasteiger partial charge on any atom is 0.276 e. The van der Waals surface area contributed by atoms with Crippen molar-refractivity contribution in [3.63, 3.8) is 0 Å². The monoisotopic (exact) mass is 454 g/mol. The van der Waals surface area contributed by atoms with E-state index in [9.17, 15) is 18.7 Å². The number of nitrogens with one attached hydrogen (secondary N) is 1. The summed E-state index contributed by atoms with van der Waals surface area (Å²) < 4.78 is 28.4. The number of pyridine rings is 2. The summed E-state index contributed by atoms with van der Waals surface area (Å²) in [6.07, 6.45) is 3.78. The first-order valence-corrected chi connectivity index (χ1v) is 10.4. The molecule has 0 bridgehead atoms. The van der Waals surface area contributed by atoms with Crippen LogP contribution in [0.4, 0.5) is 25.8 Å². The number of aromatic nitrogens is 2. The number of nitrogens with zero attached hydrogens (tertiary/aromatic N) is 3. The van der Waals surface area contributed by atoms with Crippen LogP contribution < -0.4 is 21.7 Å². The number of benzene rings is 1. The van der Waals surface area contributed by atoms with E-state index in [2.05, 4.69) is 15.3 Å². The molecule has 1 aliphatic heterocycles. The standard InChI is InChI=1S/C23H24F2N6O2/c24-15-2-1-3-16(25)21(15)18-5-4-17(27)22(29-18)23(33)30-19-9-28-7-6-20(19)31-10-13(12-32)8-14(26)11-31/h1-7,9,13-14,32H,8,10-12,26-27H2,(H,30,33). The number of anilines is 3. The molecule has 6 N–H and O–H groups in total. The molecule has 1 fully saturated rings. The molecule has 1 aliphatic rings. The Kier molecular flexibility index (Phi) is 6.47. The molecule has 1 amide bonds. The molecule has 0 aliphatic carbocycles. The fourth-order valence-corrected chi connectivity index (χ4v) is 4.05. The van der Waals surface area contributed by atoms with E-state index in [1.165, 1.54) is 24.4 Å². The van der Waals surface area contributed by atoms with Gasteiger partial charge in [0.15, 0.2) is 5.69 Å². The van der Waals surface area contributed by atoms with Crippen molar-refractivity contribution in [1.29, 1.82) is 0 Å². The number of halogens is 2. The van der Waals surface area contributed by atoms with E-state index in [-0.39, 0.29) is 41.2 Å². The third-order valence-electron chi connectivity index (χ3n) is 5.58. The lowest BCUT2D eigenvalue weighted by molar-refractivity contribution is 0.102. The zero-order valence-corrected chi connectivity index (χ0v) is 17.7. The molecular weight excluding hydrogens is 430 g/mol. The quantitative estimate of drug-likeness (QED) is 0.466. The minimum absolute atomic E-state index is 0.00937. The van der Waals surface area contributed by atoms with Gasteiger partial charge in [-0.05, 0) is 36.8 Å². The minimum atomic E-state index is -0.798. The van der Waals surface area contributed by atoms with Gasteiger partial charge in [-0.3, -0.25) is 9.78 Å². The summed E-state index contributed by atoms with van der Waals surface area (Å²) in [6.45, 7) is 1.13. The summed E-state index contributed by atoms with van der Waals surface area (Å²) in [5.41, 5.74) is 12.7. The second-order valence-electron chi connectivity index (χ2n) is 8.03. The molecule has 0 spiro atoms. The van der Waals surface area contributed by atoms with Crippen LogP contribution in [-0.2, 0) is 0 Å². The van der Waals surface area contributed by atoms with Gasteiger partial charge >= 0.3 is 0 Å². The fraction of sp³-hybridized carbons (Fsp3) is 0.261. The van der Waals surface area contributed by atoms with Crippen LogP contribution in [0.2, 0.25) is 0 Å². The average molecular weight is 454 g/mol. The Morgan fingerprint density at radius 1 is 1.18 bits per heavy atom. The van der Waals surface area contributed by atoms with Gasteiger partial charge in [-0.15, -0.1) is 0 Å². The second kappa shape index (κ2) is 9.47. The van der Waals surface area contributed by atoms with Crippen LogP contribution in [0.25, 0.3) is 11.3 Å². The Morgan fingerprint density at radius 2 is 1.94 bits per heavy atom. The molecule has 2 atom stereocenters. The van der Waals surface area contributed by atoms with Crippen molar-refractivity contribution < 1.29 is 18.7 Å². The zero-order chi connectivity index (χ0) is 23.5. The second-order valence-corrected chi connectivity index (χ2v) is 8.03. The van der Waals surface area contributed by atoms with Crippen molar-refractivity contribution in [2.45, 2.75) is 12.5 Å². The molecule has 2 unspecified atom stereocenters. The predicted octanol–water partition coefficient (Wildman–Crippen LogP) is 2.40. The number of carbonyl (C=O) groups is 1. The van der Waals surface area contributed by atoms with Crippen molar-refractivity contribution in [3.8, 4) is 11.3 Å². The highest BCUT2D eigenvalue weighted by Crippen LogP contribution is 2.30. The van der Waals surface area contributed by atoms with Gasteiger partial charge in [0.2, 0.25) is 0 Å². The van der Waals surface area contributed by atoms with Gasteiger partial charge in [-0.1, -0.05) is 6.07 Å². The Labute approximate surface area is 189 Å². The third-order valence-corrected chi connectivity index (χ3v) is 5.58. The van der Waals surface area contributed by atoms with Crippen LogP contribution in [-0.4, -0.2) is 46.7 Å². The lowest BCUT2D eigenvalue weighted by atomic mass is 9.95. The van der Waals surface area contributed by atoms with Gasteiger partial charge in [0.05, 0.1) is 34.5 Å². The van der Waals surface area contributed by atoms with Crippen molar-refractivity contribution in [2.24, 2.45) is 11.7 Å². The van der Waals surface area contributed by atoms with E-state index in [4.69, 9.17) is 11.5 Å². The molecule has 172 valence electrons. The zero-order valence-electron chi connectivity index (χ0n) is 17.7. The number of hydrogen-bond acceptors (Lipinski definition) is 7. The van der Waals surface area contributed by atoms with Crippen molar-refractivity contribution >= 4 is 23.0 Å². The maximum atomic E-state index is 14.2. The molecule has 0 saturated carbocycles. The van der Waals surface area contributed by atoms with Crippen molar-refractivity contribution in [2.75, 3.05) is 35.6 Å². The average Bonchev–Trinajstić information content (AvgIpc) is 2.79. The normalized spacial score (nSPS) is 18.2. The Bertz CT molecular complexity index is 1160. The van der Waals surface area contributed by atoms with E-state index >= 15 is 0 Å². The molecular formula is C23H24F2N6O2. The minimum Gasteiger partial charge on any atom is -0.397 e. The number of amides is 1. The van der Waals surface area contributed by atoms with Crippen LogP contribution in [0, 0.1) is 17.6 Å². The molecule has 33 heavy (non-hydrogen) atoms. The molecule has 2 aromatic heterocycles. The molecule has 10 heteroatoms. The van der Waals surface area contributed by atoms with Gasteiger partial charge in [-0.25, -0.2) is 13.8 Å². The number of rotatable bonds is 5. The number of piperidine rings is 1. The number of aliphatic hydroxyl groups excluding tert-OH is 1. The molecule has 8 nitrogen and oxygen atoms in total. The van der Waals surface area contributed by atoms with E-state index in [0.717, 1.165) is 12.1 Å². The first-order valence-electron chi connectivity index (χ1n) is 10.4. The molecule has 4 rings (SSSR count). The summed E-state index contributed by atoms with van der Waals surface area (Å²) in [4.78, 5) is 23.3. The summed E-state index contributed by atoms with van der Waals surface area (Å²) in [5.74, 6) is -2.24. The predicted molar refractivity (Wildman–Crippen MR) is 122 cm³/mol. The van der Waals surface area contributed by atoms with E-state index in [1.54, 1.807) is 12.3 Å². The Hall–Kier alpha value is -3.63. The number of aliphatic hydroxyl groups is 1. The van der Waals surface area contributed by atoms with Gasteiger partial charge in [0, 0.05) is 37.9 Å². The largest absolute Gasteiger partial charge is 0.397 e. The maximum absolute atomic E-state index is 14.2. The number of nitrogen functional groups attached to an aromatic ring is 1. The lowest BCUT2D eigenvalue weighted by Crippen LogP contribution is -2.48. The third kappa shape index (κ3) is 4.76. The number of hydrogen-bond donors (Lipinski definition) is 4. The summed E-state index contributed by atoms with van der Waals surface area (Å²) in [6, 6.07) is 7.82. The van der Waals surface area contributed by atoms with Gasteiger partial charge < -0.3 is 26.8 Å². The summed E-state index contributed by atoms with van der Waals surface area (Å²) >= 11 is 0. The number of nitrogens with two attached hydrogens (primary N) is 2. The van der Waals surface area contributed by atoms with Crippen LogP contribution in [0.15, 0.2) is 48.8 Å². The van der Waals surface area contributed by atoms with Gasteiger partial charge in [-0.2, -0.15) is 0 Å². The summed E-state index contributed by atoms with van der Waals surface area (Å²) in [5, 5.41) is 12.3. The first kappa shape index (κ1) is 22.6. The van der Waals surface area contributed by atoms with Gasteiger partial charge in [0.1, 0.15) is 11.6 Å². The first-order chi connectivity index (χ1) is 15.9. The highest BCUT2D eigenvalue weighted by atomic mass is 19.1. The van der Waals surface area contributed by atoms with Crippen molar-refractivity contribution in [1.82, 2.24) is 9.97 Å². The SMILES string of the molecule is Nc1ccc(-c2c(F)cccc2F)nc1C(=O)Nc1cnccc1N1CC(N)CC(CO)C1. The van der Waals surface area contributed by atoms with E-state index < -0.39 is 17.5 Å². The molecule has 0 radical (unpaired) electrons. The smallest absolute Gasteiger partial charge is 0.276 e. The van der Waals surface area contributed by atoms with Crippen LogP contribution in [0.5, 0.6) is 0 Å². The molecule has 3 aromatic rings.